The maximum atomic E-state index is 11.5. The van der Waals surface area contributed by atoms with Crippen LogP contribution in [0.5, 0.6) is 0 Å². The highest BCUT2D eigenvalue weighted by atomic mass is 32.2. The summed E-state index contributed by atoms with van der Waals surface area (Å²) in [5.74, 6) is 0.304. The minimum Gasteiger partial charge on any atom is -0.297 e. The van der Waals surface area contributed by atoms with E-state index in [2.05, 4.69) is 0 Å². The van der Waals surface area contributed by atoms with Crippen LogP contribution in [0.25, 0.3) is 0 Å². The van der Waals surface area contributed by atoms with Crippen LogP contribution in [-0.2, 0) is 4.79 Å². The average Bonchev–Trinajstić information content (AvgIpc) is 2.47. The summed E-state index contributed by atoms with van der Waals surface area (Å²) in [4.78, 5) is 11.5. The van der Waals surface area contributed by atoms with Crippen LogP contribution in [0.15, 0.2) is 30.3 Å². The van der Waals surface area contributed by atoms with E-state index in [1.807, 2.05) is 41.7 Å². The Morgan fingerprint density at radius 3 is 2.62 bits per heavy atom. The molecule has 0 spiro atoms. The Morgan fingerprint density at radius 1 is 1.38 bits per heavy atom. The van der Waals surface area contributed by atoms with Gasteiger partial charge >= 0.3 is 0 Å². The third-order valence-electron chi connectivity index (χ3n) is 2.06. The minimum absolute atomic E-state index is 0.0196. The van der Waals surface area contributed by atoms with Gasteiger partial charge in [0.1, 0.15) is 5.25 Å². The van der Waals surface area contributed by atoms with Gasteiger partial charge in [0.25, 0.3) is 0 Å². The Balaban J connectivity index is 2.23. The molecule has 1 heterocycles. The van der Waals surface area contributed by atoms with Crippen LogP contribution in [0, 0.1) is 0 Å². The third kappa shape index (κ3) is 1.76. The summed E-state index contributed by atoms with van der Waals surface area (Å²) in [6, 6.07) is 9.93. The molecule has 1 aliphatic heterocycles. The Hall–Kier alpha value is -0.800. The number of carbonyl (C=O) groups excluding carboxylic acids is 1. The molecule has 0 saturated carbocycles. The van der Waals surface area contributed by atoms with Crippen LogP contribution in [-0.4, -0.2) is 23.7 Å². The molecule has 68 valence electrons. The molecule has 1 aromatic carbocycles. The summed E-state index contributed by atoms with van der Waals surface area (Å²) in [5, 5.41) is 0.0196. The van der Waals surface area contributed by atoms with Gasteiger partial charge in [0.05, 0.1) is 6.54 Å². The smallest absolute Gasteiger partial charge is 0.166 e. The Labute approximate surface area is 82.1 Å². The van der Waals surface area contributed by atoms with E-state index in [0.29, 0.717) is 12.3 Å². The van der Waals surface area contributed by atoms with E-state index in [0.717, 1.165) is 5.56 Å². The second-order valence-corrected chi connectivity index (χ2v) is 4.45. The first-order chi connectivity index (χ1) is 6.27. The number of hydrogen-bond acceptors (Lipinski definition) is 3. The van der Waals surface area contributed by atoms with Crippen molar-refractivity contribution in [2.24, 2.45) is 0 Å². The van der Waals surface area contributed by atoms with Crippen LogP contribution in [0.3, 0.4) is 0 Å². The van der Waals surface area contributed by atoms with Crippen molar-refractivity contribution in [2.75, 3.05) is 13.6 Å². The standard InChI is InChI=1S/C10H11NOS/c1-11-7-9(12)10(13-11)8-5-3-2-4-6-8/h2-6,10H,7H2,1H3. The quantitative estimate of drug-likeness (QED) is 0.635. The first-order valence-electron chi connectivity index (χ1n) is 4.23. The second-order valence-electron chi connectivity index (χ2n) is 3.15. The van der Waals surface area contributed by atoms with E-state index in [-0.39, 0.29) is 5.25 Å². The summed E-state index contributed by atoms with van der Waals surface area (Å²) in [5.41, 5.74) is 1.11. The molecule has 1 aromatic rings. The summed E-state index contributed by atoms with van der Waals surface area (Å²) < 4.78 is 1.99. The van der Waals surface area contributed by atoms with Crippen molar-refractivity contribution in [2.45, 2.75) is 5.25 Å². The largest absolute Gasteiger partial charge is 0.297 e. The van der Waals surface area contributed by atoms with Gasteiger partial charge in [-0.15, -0.1) is 0 Å². The number of benzene rings is 1. The number of Topliss-reactive ketones (excluding diaryl/α,β-unsaturated/α-hetero) is 1. The molecule has 2 rings (SSSR count). The van der Waals surface area contributed by atoms with Crippen LogP contribution in [0.1, 0.15) is 10.8 Å². The lowest BCUT2D eigenvalue weighted by Crippen LogP contribution is -2.10. The van der Waals surface area contributed by atoms with E-state index < -0.39 is 0 Å². The lowest BCUT2D eigenvalue weighted by Gasteiger charge is -2.07. The van der Waals surface area contributed by atoms with Crippen molar-refractivity contribution >= 4 is 17.7 Å². The van der Waals surface area contributed by atoms with E-state index >= 15 is 0 Å². The van der Waals surface area contributed by atoms with E-state index in [1.165, 1.54) is 0 Å². The van der Waals surface area contributed by atoms with Crippen molar-refractivity contribution in [3.8, 4) is 0 Å². The molecular formula is C10H11NOS. The number of ketones is 1. The third-order valence-corrected chi connectivity index (χ3v) is 3.29. The van der Waals surface area contributed by atoms with Gasteiger partial charge in [-0.3, -0.25) is 4.79 Å². The molecule has 0 radical (unpaired) electrons. The molecular weight excluding hydrogens is 182 g/mol. The molecule has 0 N–H and O–H groups in total. The molecule has 1 aliphatic rings. The molecule has 0 amide bonds. The fourth-order valence-electron chi connectivity index (χ4n) is 1.45. The number of carbonyl (C=O) groups is 1. The van der Waals surface area contributed by atoms with Gasteiger partial charge in [-0.05, 0) is 12.6 Å². The van der Waals surface area contributed by atoms with Crippen molar-refractivity contribution in [1.29, 1.82) is 0 Å². The van der Waals surface area contributed by atoms with Gasteiger partial charge in [-0.25, -0.2) is 4.31 Å². The second kappa shape index (κ2) is 3.52. The monoisotopic (exact) mass is 193 g/mol. The summed E-state index contributed by atoms with van der Waals surface area (Å²) in [7, 11) is 1.95. The van der Waals surface area contributed by atoms with E-state index in [9.17, 15) is 4.79 Å². The number of rotatable bonds is 1. The number of hydrogen-bond donors (Lipinski definition) is 0. The first-order valence-corrected chi connectivity index (χ1v) is 5.06. The predicted molar refractivity (Wildman–Crippen MR) is 54.4 cm³/mol. The highest BCUT2D eigenvalue weighted by Gasteiger charge is 2.30. The molecule has 3 heteroatoms. The normalized spacial score (nSPS) is 23.8. The molecule has 0 aromatic heterocycles. The van der Waals surface area contributed by atoms with Crippen molar-refractivity contribution in [1.82, 2.24) is 4.31 Å². The molecule has 1 fully saturated rings. The number of nitrogens with zero attached hydrogens (tertiary/aromatic N) is 1. The van der Waals surface area contributed by atoms with Crippen LogP contribution in [0.4, 0.5) is 0 Å². The van der Waals surface area contributed by atoms with Crippen molar-refractivity contribution in [3.05, 3.63) is 35.9 Å². The number of likely N-dealkylation sites (N-methyl/N-ethyl adjacent to an activating group) is 1. The minimum atomic E-state index is 0.0196. The van der Waals surface area contributed by atoms with Gasteiger partial charge in [0.15, 0.2) is 5.78 Å². The topological polar surface area (TPSA) is 20.3 Å². The Kier molecular flexibility index (Phi) is 2.38. The zero-order valence-electron chi connectivity index (χ0n) is 7.43. The van der Waals surface area contributed by atoms with Gasteiger partial charge in [0.2, 0.25) is 0 Å². The lowest BCUT2D eigenvalue weighted by molar-refractivity contribution is -0.117. The Bertz CT molecular complexity index is 312. The fourth-order valence-corrected chi connectivity index (χ4v) is 2.49. The molecule has 2 nitrogen and oxygen atoms in total. The predicted octanol–water partition coefficient (Wildman–Crippen LogP) is 1.89. The van der Waals surface area contributed by atoms with Gasteiger partial charge in [0, 0.05) is 0 Å². The zero-order valence-corrected chi connectivity index (χ0v) is 8.25. The van der Waals surface area contributed by atoms with Crippen molar-refractivity contribution in [3.63, 3.8) is 0 Å². The molecule has 1 saturated heterocycles. The zero-order chi connectivity index (χ0) is 9.26. The first kappa shape index (κ1) is 8.78. The van der Waals surface area contributed by atoms with Gasteiger partial charge < -0.3 is 0 Å². The summed E-state index contributed by atoms with van der Waals surface area (Å²) >= 11 is 1.61. The summed E-state index contributed by atoms with van der Waals surface area (Å²) in [6.45, 7) is 0.560. The SMILES string of the molecule is CN1CC(=O)C(c2ccccc2)S1. The van der Waals surface area contributed by atoms with Crippen LogP contribution in [0.2, 0.25) is 0 Å². The Morgan fingerprint density at radius 2 is 2.08 bits per heavy atom. The highest BCUT2D eigenvalue weighted by molar-refractivity contribution is 7.98. The van der Waals surface area contributed by atoms with Crippen LogP contribution >= 0.6 is 11.9 Å². The van der Waals surface area contributed by atoms with Gasteiger partial charge in [-0.1, -0.05) is 42.3 Å². The maximum Gasteiger partial charge on any atom is 0.166 e. The molecule has 1 unspecified atom stereocenters. The maximum absolute atomic E-state index is 11.5. The van der Waals surface area contributed by atoms with Gasteiger partial charge in [-0.2, -0.15) is 0 Å². The summed E-state index contributed by atoms with van der Waals surface area (Å²) in [6.07, 6.45) is 0. The van der Waals surface area contributed by atoms with E-state index in [4.69, 9.17) is 0 Å². The molecule has 1 atom stereocenters. The average molecular weight is 193 g/mol. The van der Waals surface area contributed by atoms with Crippen LogP contribution < -0.4 is 0 Å². The lowest BCUT2D eigenvalue weighted by atomic mass is 10.1. The fraction of sp³-hybridized carbons (Fsp3) is 0.300. The molecule has 13 heavy (non-hydrogen) atoms. The molecule has 0 aliphatic carbocycles. The van der Waals surface area contributed by atoms with E-state index in [1.54, 1.807) is 11.9 Å². The highest BCUT2D eigenvalue weighted by Crippen LogP contribution is 2.36. The molecule has 0 bridgehead atoms. The van der Waals surface area contributed by atoms with Crippen molar-refractivity contribution < 1.29 is 4.79 Å².